The summed E-state index contributed by atoms with van der Waals surface area (Å²) in [7, 11) is 0. The van der Waals surface area contributed by atoms with Crippen LogP contribution in [0.4, 0.5) is 27.6 Å². The Kier molecular flexibility index (Phi) is 8.61. The molecule has 5 rings (SSSR count). The number of fused-ring (bicyclic) bond motifs is 1. The number of likely N-dealkylation sites (tertiary alicyclic amines) is 1. The van der Waals surface area contributed by atoms with Crippen molar-refractivity contribution in [1.29, 1.82) is 0 Å². The SMILES string of the molecule is O=C(CNc1cccc2c1CCN(CC1CC1)C2)N(CCN1CCC(F)(F)CC1)Cc1ncccc1C(F)(F)F. The number of benzene rings is 1. The number of hydrogen-bond donors (Lipinski definition) is 1. The lowest BCUT2D eigenvalue weighted by atomic mass is 9.97. The molecule has 40 heavy (non-hydrogen) atoms. The molecule has 0 atom stereocenters. The van der Waals surface area contributed by atoms with Gasteiger partial charge in [0.15, 0.2) is 0 Å². The third-order valence-electron chi connectivity index (χ3n) is 8.15. The van der Waals surface area contributed by atoms with Gasteiger partial charge in [0, 0.05) is 70.5 Å². The summed E-state index contributed by atoms with van der Waals surface area (Å²) in [5, 5.41) is 3.24. The van der Waals surface area contributed by atoms with Gasteiger partial charge in [0.2, 0.25) is 5.91 Å². The van der Waals surface area contributed by atoms with Gasteiger partial charge in [-0.3, -0.25) is 14.7 Å². The van der Waals surface area contributed by atoms with Crippen molar-refractivity contribution in [3.05, 3.63) is 58.9 Å². The van der Waals surface area contributed by atoms with E-state index in [-0.39, 0.29) is 57.2 Å². The molecule has 1 saturated heterocycles. The van der Waals surface area contributed by atoms with Crippen molar-refractivity contribution in [2.24, 2.45) is 5.92 Å². The van der Waals surface area contributed by atoms with Crippen LogP contribution in [-0.4, -0.2) is 77.3 Å². The highest BCUT2D eigenvalue weighted by molar-refractivity contribution is 5.81. The van der Waals surface area contributed by atoms with Crippen LogP contribution in [0.2, 0.25) is 0 Å². The molecule has 3 heterocycles. The average molecular weight is 566 g/mol. The highest BCUT2D eigenvalue weighted by Crippen LogP contribution is 2.34. The van der Waals surface area contributed by atoms with Gasteiger partial charge in [0.25, 0.3) is 5.92 Å². The van der Waals surface area contributed by atoms with E-state index in [9.17, 15) is 26.7 Å². The number of carbonyl (C=O) groups excluding carboxylic acids is 1. The van der Waals surface area contributed by atoms with E-state index >= 15 is 0 Å². The predicted molar refractivity (Wildman–Crippen MR) is 142 cm³/mol. The Bertz CT molecular complexity index is 1180. The lowest BCUT2D eigenvalue weighted by Gasteiger charge is -2.33. The Morgan fingerprint density at radius 2 is 1.85 bits per heavy atom. The number of aromatic nitrogens is 1. The van der Waals surface area contributed by atoms with Crippen LogP contribution in [0.25, 0.3) is 0 Å². The summed E-state index contributed by atoms with van der Waals surface area (Å²) in [6, 6.07) is 8.17. The van der Waals surface area contributed by atoms with Gasteiger partial charge in [-0.25, -0.2) is 8.78 Å². The summed E-state index contributed by atoms with van der Waals surface area (Å²) in [5.74, 6) is -2.26. The molecule has 2 fully saturated rings. The fourth-order valence-electron chi connectivity index (χ4n) is 5.60. The number of alkyl halides is 5. The Balaban J connectivity index is 1.26. The standard InChI is InChI=1S/C29H36F5N5O/c30-28(31)9-13-37(14-10-28)15-16-39(20-26-24(29(32,33)34)4-2-11-35-26)27(40)17-36-25-5-1-3-22-19-38(12-8-23(22)25)18-21-6-7-21/h1-5,11,21,36H,6-10,12-20H2. The third-order valence-corrected chi connectivity index (χ3v) is 8.15. The fourth-order valence-corrected chi connectivity index (χ4v) is 5.60. The summed E-state index contributed by atoms with van der Waals surface area (Å²) in [6.07, 6.45) is -0.387. The molecule has 1 N–H and O–H groups in total. The minimum absolute atomic E-state index is 0.0888. The van der Waals surface area contributed by atoms with E-state index in [0.29, 0.717) is 6.54 Å². The van der Waals surface area contributed by atoms with Crippen molar-refractivity contribution in [2.45, 2.75) is 57.3 Å². The summed E-state index contributed by atoms with van der Waals surface area (Å²) < 4.78 is 68.1. The largest absolute Gasteiger partial charge is 0.418 e. The molecule has 218 valence electrons. The zero-order valence-corrected chi connectivity index (χ0v) is 22.5. The maximum atomic E-state index is 13.6. The van der Waals surface area contributed by atoms with Gasteiger partial charge in [-0.15, -0.1) is 0 Å². The normalized spacial score (nSPS) is 19.7. The van der Waals surface area contributed by atoms with Gasteiger partial charge >= 0.3 is 6.18 Å². The van der Waals surface area contributed by atoms with Crippen molar-refractivity contribution in [1.82, 2.24) is 19.7 Å². The Morgan fingerprint density at radius 3 is 2.58 bits per heavy atom. The first-order valence-electron chi connectivity index (χ1n) is 14.0. The summed E-state index contributed by atoms with van der Waals surface area (Å²) in [5.41, 5.74) is 2.15. The van der Waals surface area contributed by atoms with E-state index in [0.717, 1.165) is 43.7 Å². The molecule has 0 radical (unpaired) electrons. The van der Waals surface area contributed by atoms with E-state index in [4.69, 9.17) is 0 Å². The van der Waals surface area contributed by atoms with Gasteiger partial charge in [-0.1, -0.05) is 12.1 Å². The minimum atomic E-state index is -4.61. The Labute approximate surface area is 231 Å². The van der Waals surface area contributed by atoms with Crippen LogP contribution in [0.15, 0.2) is 36.5 Å². The van der Waals surface area contributed by atoms with Gasteiger partial charge in [0.1, 0.15) is 0 Å². The summed E-state index contributed by atoms with van der Waals surface area (Å²) in [6.45, 7) is 3.31. The average Bonchev–Trinajstić information content (AvgIpc) is 3.74. The number of nitrogens with one attached hydrogen (secondary N) is 1. The molecule has 0 spiro atoms. The monoisotopic (exact) mass is 565 g/mol. The molecule has 0 bridgehead atoms. The van der Waals surface area contributed by atoms with Crippen molar-refractivity contribution >= 4 is 11.6 Å². The van der Waals surface area contributed by atoms with Crippen LogP contribution < -0.4 is 5.32 Å². The van der Waals surface area contributed by atoms with E-state index in [1.165, 1.54) is 41.1 Å². The number of carbonyl (C=O) groups is 1. The summed E-state index contributed by atoms with van der Waals surface area (Å²) in [4.78, 5) is 23.0. The third kappa shape index (κ3) is 7.48. The minimum Gasteiger partial charge on any atom is -0.376 e. The van der Waals surface area contributed by atoms with E-state index < -0.39 is 17.7 Å². The predicted octanol–water partition coefficient (Wildman–Crippen LogP) is 5.04. The van der Waals surface area contributed by atoms with E-state index in [2.05, 4.69) is 21.3 Å². The first kappa shape index (κ1) is 28.7. The highest BCUT2D eigenvalue weighted by Gasteiger charge is 2.36. The quantitative estimate of drug-likeness (QED) is 0.409. The molecular formula is C29H36F5N5O. The fraction of sp³-hybridized carbons (Fsp3) is 0.586. The number of hydrogen-bond acceptors (Lipinski definition) is 5. The van der Waals surface area contributed by atoms with Crippen LogP contribution in [-0.2, 0) is 30.5 Å². The second-order valence-corrected chi connectivity index (χ2v) is 11.2. The zero-order valence-electron chi connectivity index (χ0n) is 22.5. The van der Waals surface area contributed by atoms with E-state index in [1.54, 1.807) is 0 Å². The van der Waals surface area contributed by atoms with Gasteiger partial charge in [-0.05, 0) is 54.5 Å². The second kappa shape index (κ2) is 12.0. The topological polar surface area (TPSA) is 51.7 Å². The number of piperidine rings is 1. The molecule has 2 aromatic rings. The van der Waals surface area contributed by atoms with Crippen molar-refractivity contribution < 1.29 is 26.7 Å². The Morgan fingerprint density at radius 1 is 1.07 bits per heavy atom. The van der Waals surface area contributed by atoms with Crippen molar-refractivity contribution in [3.8, 4) is 0 Å². The van der Waals surface area contributed by atoms with Crippen LogP contribution in [0.3, 0.4) is 0 Å². The first-order valence-corrected chi connectivity index (χ1v) is 14.0. The van der Waals surface area contributed by atoms with Gasteiger partial charge < -0.3 is 15.1 Å². The van der Waals surface area contributed by atoms with Gasteiger partial charge in [-0.2, -0.15) is 13.2 Å². The highest BCUT2D eigenvalue weighted by atomic mass is 19.4. The lowest BCUT2D eigenvalue weighted by molar-refractivity contribution is -0.140. The Hall–Kier alpha value is -2.79. The number of anilines is 1. The van der Waals surface area contributed by atoms with Crippen LogP contribution >= 0.6 is 0 Å². The molecular weight excluding hydrogens is 529 g/mol. The molecule has 1 saturated carbocycles. The van der Waals surface area contributed by atoms with Gasteiger partial charge in [0.05, 0.1) is 24.3 Å². The van der Waals surface area contributed by atoms with Crippen molar-refractivity contribution in [3.63, 3.8) is 0 Å². The van der Waals surface area contributed by atoms with E-state index in [1.807, 2.05) is 17.0 Å². The van der Waals surface area contributed by atoms with Crippen LogP contribution in [0.5, 0.6) is 0 Å². The molecule has 1 aromatic heterocycles. The molecule has 3 aliphatic rings. The number of rotatable bonds is 10. The molecule has 2 aliphatic heterocycles. The number of pyridine rings is 1. The molecule has 1 aromatic carbocycles. The van der Waals surface area contributed by atoms with Crippen LogP contribution in [0, 0.1) is 5.92 Å². The lowest BCUT2D eigenvalue weighted by Crippen LogP contribution is -2.45. The number of nitrogens with zero attached hydrogens (tertiary/aromatic N) is 4. The number of halogens is 5. The zero-order chi connectivity index (χ0) is 28.3. The second-order valence-electron chi connectivity index (χ2n) is 11.2. The first-order chi connectivity index (χ1) is 19.1. The molecule has 11 heteroatoms. The molecule has 1 aliphatic carbocycles. The number of amides is 1. The molecule has 0 unspecified atom stereocenters. The van der Waals surface area contributed by atoms with Crippen molar-refractivity contribution in [2.75, 3.05) is 51.1 Å². The maximum absolute atomic E-state index is 13.6. The maximum Gasteiger partial charge on any atom is 0.418 e. The van der Waals surface area contributed by atoms with Crippen LogP contribution in [0.1, 0.15) is 48.1 Å². The molecule has 1 amide bonds. The smallest absolute Gasteiger partial charge is 0.376 e. The summed E-state index contributed by atoms with van der Waals surface area (Å²) >= 11 is 0. The molecule has 6 nitrogen and oxygen atoms in total.